The Morgan fingerprint density at radius 1 is 1.15 bits per heavy atom. The van der Waals surface area contributed by atoms with Crippen molar-refractivity contribution < 1.29 is 9.18 Å². The van der Waals surface area contributed by atoms with Crippen LogP contribution in [-0.4, -0.2) is 25.0 Å². The van der Waals surface area contributed by atoms with E-state index >= 15 is 0 Å². The van der Waals surface area contributed by atoms with E-state index in [1.807, 2.05) is 42.2 Å². The van der Waals surface area contributed by atoms with Gasteiger partial charge in [0, 0.05) is 37.3 Å². The molecule has 0 atom stereocenters. The molecule has 0 bridgehead atoms. The number of halogens is 1. The van der Waals surface area contributed by atoms with Crippen LogP contribution in [0.15, 0.2) is 53.5 Å². The molecule has 0 saturated carbocycles. The minimum atomic E-state index is -0.229. The first-order valence-electron chi connectivity index (χ1n) is 9.32. The third-order valence-corrected chi connectivity index (χ3v) is 4.49. The highest BCUT2D eigenvalue weighted by atomic mass is 19.1. The summed E-state index contributed by atoms with van der Waals surface area (Å²) in [6.45, 7) is 4.37. The first-order chi connectivity index (χ1) is 13.2. The highest BCUT2D eigenvalue weighted by Gasteiger charge is 2.21. The number of benzene rings is 2. The minimum Gasteiger partial charge on any atom is -0.357 e. The summed E-state index contributed by atoms with van der Waals surface area (Å²) in [5, 5.41) is 6.32. The monoisotopic (exact) mass is 368 g/mol. The van der Waals surface area contributed by atoms with Crippen LogP contribution in [0.3, 0.4) is 0 Å². The van der Waals surface area contributed by atoms with Crippen molar-refractivity contribution in [2.45, 2.75) is 32.9 Å². The molecule has 1 amide bonds. The maximum absolute atomic E-state index is 13.7. The molecule has 0 unspecified atom stereocenters. The van der Waals surface area contributed by atoms with Gasteiger partial charge in [-0.3, -0.25) is 4.79 Å². The molecule has 142 valence electrons. The molecule has 3 rings (SSSR count). The Morgan fingerprint density at radius 3 is 2.59 bits per heavy atom. The Kier molecular flexibility index (Phi) is 6.41. The molecule has 1 aliphatic rings. The summed E-state index contributed by atoms with van der Waals surface area (Å²) >= 11 is 0. The van der Waals surface area contributed by atoms with E-state index in [2.05, 4.69) is 15.6 Å². The van der Waals surface area contributed by atoms with Gasteiger partial charge in [0.1, 0.15) is 5.82 Å². The highest BCUT2D eigenvalue weighted by Crippen LogP contribution is 2.21. The van der Waals surface area contributed by atoms with Gasteiger partial charge < -0.3 is 15.5 Å². The molecular weight excluding hydrogens is 343 g/mol. The molecule has 5 nitrogen and oxygen atoms in total. The number of carbonyl (C=O) groups excluding carboxylic acids is 1. The van der Waals surface area contributed by atoms with Gasteiger partial charge in [0.05, 0.1) is 6.54 Å². The lowest BCUT2D eigenvalue weighted by Gasteiger charge is -2.16. The van der Waals surface area contributed by atoms with Crippen LogP contribution >= 0.6 is 0 Å². The largest absolute Gasteiger partial charge is 0.357 e. The molecule has 0 spiro atoms. The number of hydrogen-bond donors (Lipinski definition) is 2. The molecule has 1 saturated heterocycles. The number of anilines is 1. The van der Waals surface area contributed by atoms with Gasteiger partial charge in [0.15, 0.2) is 5.96 Å². The molecule has 0 aromatic heterocycles. The first kappa shape index (κ1) is 18.9. The van der Waals surface area contributed by atoms with Gasteiger partial charge >= 0.3 is 0 Å². The van der Waals surface area contributed by atoms with Gasteiger partial charge in [0.2, 0.25) is 5.91 Å². The number of nitrogens with zero attached hydrogens (tertiary/aromatic N) is 2. The van der Waals surface area contributed by atoms with E-state index in [-0.39, 0.29) is 11.7 Å². The fraction of sp³-hybridized carbons (Fsp3) is 0.333. The fourth-order valence-electron chi connectivity index (χ4n) is 3.04. The van der Waals surface area contributed by atoms with Gasteiger partial charge in [-0.1, -0.05) is 30.3 Å². The lowest BCUT2D eigenvalue weighted by atomic mass is 10.2. The molecule has 0 aliphatic carbocycles. The molecule has 1 fully saturated rings. The summed E-state index contributed by atoms with van der Waals surface area (Å²) in [6, 6.07) is 14.6. The summed E-state index contributed by atoms with van der Waals surface area (Å²) in [5.41, 5.74) is 2.59. The van der Waals surface area contributed by atoms with Crippen molar-refractivity contribution >= 4 is 17.6 Å². The Bertz CT molecular complexity index is 804. The molecule has 0 radical (unpaired) electrons. The highest BCUT2D eigenvalue weighted by molar-refractivity contribution is 5.95. The molecular formula is C21H25FN4O. The molecule has 2 N–H and O–H groups in total. The second-order valence-corrected chi connectivity index (χ2v) is 6.46. The number of hydrogen-bond acceptors (Lipinski definition) is 2. The van der Waals surface area contributed by atoms with Gasteiger partial charge in [-0.25, -0.2) is 9.38 Å². The van der Waals surface area contributed by atoms with Crippen molar-refractivity contribution in [1.82, 2.24) is 10.6 Å². The Labute approximate surface area is 159 Å². The van der Waals surface area contributed by atoms with E-state index in [1.54, 1.807) is 12.1 Å². The van der Waals surface area contributed by atoms with Crippen LogP contribution in [0.2, 0.25) is 0 Å². The topological polar surface area (TPSA) is 56.7 Å². The minimum absolute atomic E-state index is 0.188. The molecule has 2 aromatic carbocycles. The zero-order chi connectivity index (χ0) is 19.1. The molecule has 27 heavy (non-hydrogen) atoms. The normalized spacial score (nSPS) is 14.5. The zero-order valence-corrected chi connectivity index (χ0v) is 15.5. The number of rotatable bonds is 6. The number of guanidine groups is 1. The van der Waals surface area contributed by atoms with E-state index in [9.17, 15) is 9.18 Å². The van der Waals surface area contributed by atoms with Crippen LogP contribution in [0.25, 0.3) is 0 Å². The van der Waals surface area contributed by atoms with E-state index in [1.165, 1.54) is 6.07 Å². The van der Waals surface area contributed by atoms with E-state index < -0.39 is 0 Å². The lowest BCUT2D eigenvalue weighted by Crippen LogP contribution is -2.37. The number of nitrogens with one attached hydrogen (secondary N) is 2. The van der Waals surface area contributed by atoms with E-state index in [0.717, 1.165) is 30.8 Å². The smallest absolute Gasteiger partial charge is 0.227 e. The fourth-order valence-corrected chi connectivity index (χ4v) is 3.04. The summed E-state index contributed by atoms with van der Waals surface area (Å²) in [6.07, 6.45) is 1.55. The predicted octanol–water partition coefficient (Wildman–Crippen LogP) is 3.21. The standard InChI is InChI=1S/C21H25FN4O/c1-2-23-21(25-15-17-6-3-4-7-19(17)22)24-14-16-9-11-18(12-10-16)26-13-5-8-20(26)27/h3-4,6-7,9-12H,2,5,8,13-15H2,1H3,(H2,23,24,25). The molecule has 1 aliphatic heterocycles. The number of aliphatic imine (C=N–C) groups is 1. The van der Waals surface area contributed by atoms with Crippen molar-refractivity contribution in [3.05, 3.63) is 65.5 Å². The third-order valence-electron chi connectivity index (χ3n) is 4.49. The lowest BCUT2D eigenvalue weighted by molar-refractivity contribution is -0.117. The van der Waals surface area contributed by atoms with E-state index in [0.29, 0.717) is 31.0 Å². The van der Waals surface area contributed by atoms with Crippen molar-refractivity contribution in [3.8, 4) is 0 Å². The maximum Gasteiger partial charge on any atom is 0.227 e. The maximum atomic E-state index is 13.7. The SMILES string of the molecule is CCNC(=NCc1ccc(N2CCCC2=O)cc1)NCc1ccccc1F. The van der Waals surface area contributed by atoms with Crippen LogP contribution in [0, 0.1) is 5.82 Å². The van der Waals surface area contributed by atoms with Gasteiger partial charge in [-0.15, -0.1) is 0 Å². The summed E-state index contributed by atoms with van der Waals surface area (Å²) in [5.74, 6) is 0.597. The van der Waals surface area contributed by atoms with Crippen molar-refractivity contribution in [3.63, 3.8) is 0 Å². The van der Waals surface area contributed by atoms with Crippen molar-refractivity contribution in [1.29, 1.82) is 0 Å². The first-order valence-corrected chi connectivity index (χ1v) is 9.32. The Hall–Kier alpha value is -2.89. The van der Waals surface area contributed by atoms with Gasteiger partial charge in [-0.05, 0) is 37.1 Å². The number of amides is 1. The quantitative estimate of drug-likeness (QED) is 0.608. The van der Waals surface area contributed by atoms with Gasteiger partial charge in [-0.2, -0.15) is 0 Å². The average Bonchev–Trinajstić information content (AvgIpc) is 3.11. The second-order valence-electron chi connectivity index (χ2n) is 6.46. The van der Waals surface area contributed by atoms with Gasteiger partial charge in [0.25, 0.3) is 0 Å². The van der Waals surface area contributed by atoms with Crippen LogP contribution < -0.4 is 15.5 Å². The molecule has 1 heterocycles. The molecule has 2 aromatic rings. The van der Waals surface area contributed by atoms with Crippen molar-refractivity contribution in [2.24, 2.45) is 4.99 Å². The summed E-state index contributed by atoms with van der Waals surface area (Å²) in [4.78, 5) is 18.2. The average molecular weight is 368 g/mol. The van der Waals surface area contributed by atoms with Crippen LogP contribution in [0.5, 0.6) is 0 Å². The summed E-state index contributed by atoms with van der Waals surface area (Å²) < 4.78 is 13.7. The Morgan fingerprint density at radius 2 is 1.93 bits per heavy atom. The zero-order valence-electron chi connectivity index (χ0n) is 15.5. The van der Waals surface area contributed by atoms with Crippen molar-refractivity contribution in [2.75, 3.05) is 18.0 Å². The van der Waals surface area contributed by atoms with Crippen LogP contribution in [-0.2, 0) is 17.9 Å². The third kappa shape index (κ3) is 5.06. The predicted molar refractivity (Wildman–Crippen MR) is 106 cm³/mol. The number of carbonyl (C=O) groups is 1. The van der Waals surface area contributed by atoms with Crippen LogP contribution in [0.4, 0.5) is 10.1 Å². The molecule has 6 heteroatoms. The van der Waals surface area contributed by atoms with E-state index in [4.69, 9.17) is 0 Å². The second kappa shape index (κ2) is 9.16. The Balaban J connectivity index is 1.60. The summed E-state index contributed by atoms with van der Waals surface area (Å²) in [7, 11) is 0. The van der Waals surface area contributed by atoms with Crippen LogP contribution in [0.1, 0.15) is 30.9 Å².